The Hall–Kier alpha value is -1.76. The second-order valence-corrected chi connectivity index (χ2v) is 7.45. The SMILES string of the molecule is CCC[C@H](C)c1c(C)cccc1Oc1cccc(C)c1[C@@H](C)CCC. The molecule has 2 aromatic rings. The predicted octanol–water partition coefficient (Wildman–Crippen LogP) is 7.90. The van der Waals surface area contributed by atoms with Gasteiger partial charge in [-0.25, -0.2) is 0 Å². The minimum atomic E-state index is 0.516. The summed E-state index contributed by atoms with van der Waals surface area (Å²) in [6, 6.07) is 12.9. The zero-order chi connectivity index (χ0) is 18.4. The van der Waals surface area contributed by atoms with Gasteiger partial charge in [0, 0.05) is 11.1 Å². The minimum Gasteiger partial charge on any atom is -0.457 e. The van der Waals surface area contributed by atoms with Gasteiger partial charge in [0.15, 0.2) is 0 Å². The van der Waals surface area contributed by atoms with Crippen LogP contribution in [-0.4, -0.2) is 0 Å². The van der Waals surface area contributed by atoms with Crippen LogP contribution < -0.4 is 4.74 Å². The lowest BCUT2D eigenvalue weighted by molar-refractivity contribution is 0.455. The van der Waals surface area contributed by atoms with Crippen molar-refractivity contribution in [3.05, 3.63) is 58.7 Å². The van der Waals surface area contributed by atoms with Crippen LogP contribution >= 0.6 is 0 Å². The molecule has 0 aromatic heterocycles. The minimum absolute atomic E-state index is 0.516. The molecule has 2 atom stereocenters. The summed E-state index contributed by atoms with van der Waals surface area (Å²) in [4.78, 5) is 0. The fourth-order valence-corrected chi connectivity index (χ4v) is 4.02. The van der Waals surface area contributed by atoms with Gasteiger partial charge in [0.2, 0.25) is 0 Å². The Kier molecular flexibility index (Phi) is 7.11. The van der Waals surface area contributed by atoms with E-state index in [1.807, 2.05) is 0 Å². The molecule has 0 saturated carbocycles. The van der Waals surface area contributed by atoms with Crippen LogP contribution in [0, 0.1) is 13.8 Å². The quantitative estimate of drug-likeness (QED) is 0.475. The van der Waals surface area contributed by atoms with Crippen molar-refractivity contribution >= 4 is 0 Å². The second-order valence-electron chi connectivity index (χ2n) is 7.45. The number of hydrogen-bond acceptors (Lipinski definition) is 1. The van der Waals surface area contributed by atoms with Gasteiger partial charge in [-0.15, -0.1) is 0 Å². The first-order valence-corrected chi connectivity index (χ1v) is 9.86. The van der Waals surface area contributed by atoms with Gasteiger partial charge in [-0.05, 0) is 61.8 Å². The normalized spacial score (nSPS) is 13.5. The lowest BCUT2D eigenvalue weighted by atomic mass is 9.91. The third-order valence-electron chi connectivity index (χ3n) is 5.22. The van der Waals surface area contributed by atoms with Crippen LogP contribution in [-0.2, 0) is 0 Å². The van der Waals surface area contributed by atoms with Gasteiger partial charge >= 0.3 is 0 Å². The molecule has 0 radical (unpaired) electrons. The van der Waals surface area contributed by atoms with Crippen LogP contribution in [0.2, 0.25) is 0 Å². The van der Waals surface area contributed by atoms with E-state index in [9.17, 15) is 0 Å². The smallest absolute Gasteiger partial charge is 0.131 e. The van der Waals surface area contributed by atoms with E-state index in [1.54, 1.807) is 0 Å². The Morgan fingerprint density at radius 2 is 1.12 bits per heavy atom. The molecule has 0 bridgehead atoms. The summed E-state index contributed by atoms with van der Waals surface area (Å²) < 4.78 is 6.54. The molecule has 0 aliphatic heterocycles. The standard InChI is InChI=1S/C24H34O/c1-7-11-17(3)23-19(5)13-9-15-21(23)25-22-16-10-14-20(6)24(22)18(4)12-8-2/h9-10,13-18H,7-8,11-12H2,1-6H3/t17-,18-/m0/s1. The Labute approximate surface area is 154 Å². The monoisotopic (exact) mass is 338 g/mol. The summed E-state index contributed by atoms with van der Waals surface area (Å²) in [5, 5.41) is 0. The van der Waals surface area contributed by atoms with Crippen molar-refractivity contribution < 1.29 is 4.74 Å². The van der Waals surface area contributed by atoms with Crippen LogP contribution in [0.1, 0.15) is 87.5 Å². The molecule has 0 unspecified atom stereocenters. The van der Waals surface area contributed by atoms with Gasteiger partial charge in [-0.2, -0.15) is 0 Å². The molecule has 0 saturated heterocycles. The van der Waals surface area contributed by atoms with Crippen molar-refractivity contribution in [3.63, 3.8) is 0 Å². The lowest BCUT2D eigenvalue weighted by Gasteiger charge is -2.22. The van der Waals surface area contributed by atoms with Crippen molar-refractivity contribution in [2.24, 2.45) is 0 Å². The van der Waals surface area contributed by atoms with Crippen LogP contribution in [0.4, 0.5) is 0 Å². The molecule has 0 aliphatic rings. The van der Waals surface area contributed by atoms with Crippen LogP contribution in [0.25, 0.3) is 0 Å². The maximum Gasteiger partial charge on any atom is 0.131 e. The average molecular weight is 339 g/mol. The van der Waals surface area contributed by atoms with Gasteiger partial charge in [-0.3, -0.25) is 0 Å². The Bertz CT molecular complexity index is 627. The van der Waals surface area contributed by atoms with E-state index in [0.717, 1.165) is 11.5 Å². The van der Waals surface area contributed by atoms with E-state index in [1.165, 1.54) is 47.9 Å². The molecule has 1 nitrogen and oxygen atoms in total. The highest BCUT2D eigenvalue weighted by atomic mass is 16.5. The van der Waals surface area contributed by atoms with E-state index in [2.05, 4.69) is 77.9 Å². The van der Waals surface area contributed by atoms with Crippen LogP contribution in [0.3, 0.4) is 0 Å². The first kappa shape index (κ1) is 19.6. The molecular weight excluding hydrogens is 304 g/mol. The van der Waals surface area contributed by atoms with Gasteiger partial charge in [0.1, 0.15) is 11.5 Å². The molecule has 0 spiro atoms. The summed E-state index contributed by atoms with van der Waals surface area (Å²) in [6.45, 7) is 13.5. The summed E-state index contributed by atoms with van der Waals surface area (Å²) in [7, 11) is 0. The number of rotatable bonds is 8. The highest BCUT2D eigenvalue weighted by molar-refractivity contribution is 5.48. The van der Waals surface area contributed by atoms with E-state index in [-0.39, 0.29) is 0 Å². The summed E-state index contributed by atoms with van der Waals surface area (Å²) in [5.41, 5.74) is 5.38. The summed E-state index contributed by atoms with van der Waals surface area (Å²) >= 11 is 0. The topological polar surface area (TPSA) is 9.23 Å². The Morgan fingerprint density at radius 3 is 1.48 bits per heavy atom. The molecule has 2 rings (SSSR count). The van der Waals surface area contributed by atoms with Gasteiger partial charge in [-0.1, -0.05) is 64.8 Å². The van der Waals surface area contributed by atoms with Crippen molar-refractivity contribution in [1.82, 2.24) is 0 Å². The van der Waals surface area contributed by atoms with E-state index < -0.39 is 0 Å². The first-order chi connectivity index (χ1) is 12.0. The zero-order valence-electron chi connectivity index (χ0n) is 16.9. The van der Waals surface area contributed by atoms with Gasteiger partial charge in [0.05, 0.1) is 0 Å². The Morgan fingerprint density at radius 1 is 0.720 bits per heavy atom. The first-order valence-electron chi connectivity index (χ1n) is 9.86. The van der Waals surface area contributed by atoms with E-state index >= 15 is 0 Å². The lowest BCUT2D eigenvalue weighted by Crippen LogP contribution is -2.03. The summed E-state index contributed by atoms with van der Waals surface area (Å²) in [6.07, 6.45) is 4.76. The molecule has 0 amide bonds. The fourth-order valence-electron chi connectivity index (χ4n) is 4.02. The average Bonchev–Trinajstić information content (AvgIpc) is 2.55. The van der Waals surface area contributed by atoms with Gasteiger partial charge < -0.3 is 4.74 Å². The molecule has 25 heavy (non-hydrogen) atoms. The molecule has 0 aliphatic carbocycles. The highest BCUT2D eigenvalue weighted by Crippen LogP contribution is 2.39. The molecule has 2 aromatic carbocycles. The second kappa shape index (κ2) is 9.08. The predicted molar refractivity (Wildman–Crippen MR) is 109 cm³/mol. The number of benzene rings is 2. The van der Waals surface area contributed by atoms with Crippen molar-refractivity contribution in [2.45, 2.75) is 79.1 Å². The Balaban J connectivity index is 2.44. The van der Waals surface area contributed by atoms with Crippen LogP contribution in [0.5, 0.6) is 11.5 Å². The zero-order valence-corrected chi connectivity index (χ0v) is 16.9. The van der Waals surface area contributed by atoms with E-state index in [0.29, 0.717) is 11.8 Å². The number of ether oxygens (including phenoxy) is 1. The molecule has 0 fully saturated rings. The summed E-state index contributed by atoms with van der Waals surface area (Å²) in [5.74, 6) is 3.08. The van der Waals surface area contributed by atoms with Gasteiger partial charge in [0.25, 0.3) is 0 Å². The largest absolute Gasteiger partial charge is 0.457 e. The van der Waals surface area contributed by atoms with Crippen molar-refractivity contribution in [1.29, 1.82) is 0 Å². The fraction of sp³-hybridized carbons (Fsp3) is 0.500. The maximum absolute atomic E-state index is 6.54. The third-order valence-corrected chi connectivity index (χ3v) is 5.22. The molecule has 0 N–H and O–H groups in total. The maximum atomic E-state index is 6.54. The number of aryl methyl sites for hydroxylation is 2. The molecular formula is C24H34O. The van der Waals surface area contributed by atoms with E-state index in [4.69, 9.17) is 4.74 Å². The van der Waals surface area contributed by atoms with Crippen molar-refractivity contribution in [2.75, 3.05) is 0 Å². The molecule has 136 valence electrons. The third kappa shape index (κ3) is 4.66. The van der Waals surface area contributed by atoms with Crippen LogP contribution in [0.15, 0.2) is 36.4 Å². The van der Waals surface area contributed by atoms with Crippen molar-refractivity contribution in [3.8, 4) is 11.5 Å². The number of hydrogen-bond donors (Lipinski definition) is 0. The highest BCUT2D eigenvalue weighted by Gasteiger charge is 2.18. The molecule has 1 heteroatoms. The molecule has 0 heterocycles.